The van der Waals surface area contributed by atoms with E-state index in [4.69, 9.17) is 14.2 Å². The number of morpholine rings is 1. The van der Waals surface area contributed by atoms with E-state index in [1.54, 1.807) is 0 Å². The zero-order valence-electron chi connectivity index (χ0n) is 16.2. The Hall–Kier alpha value is -2.12. The Balaban J connectivity index is 1.44. The number of amides is 2. The first-order chi connectivity index (χ1) is 13.7. The third kappa shape index (κ3) is 4.00. The summed E-state index contributed by atoms with van der Waals surface area (Å²) in [4.78, 5) is 29.8. The first-order valence-corrected chi connectivity index (χ1v) is 10.1. The molecule has 1 aromatic rings. The summed E-state index contributed by atoms with van der Waals surface area (Å²) >= 11 is 0. The van der Waals surface area contributed by atoms with Crippen molar-refractivity contribution in [3.05, 3.63) is 30.3 Å². The van der Waals surface area contributed by atoms with E-state index in [1.807, 2.05) is 40.1 Å². The third-order valence-corrected chi connectivity index (χ3v) is 6.22. The molecular weight excluding hydrogens is 360 g/mol. The quantitative estimate of drug-likeness (QED) is 0.775. The van der Waals surface area contributed by atoms with Crippen LogP contribution in [0.4, 0.5) is 0 Å². The molecule has 152 valence electrons. The molecule has 3 saturated heterocycles. The van der Waals surface area contributed by atoms with Crippen LogP contribution in [-0.4, -0.2) is 80.8 Å². The van der Waals surface area contributed by atoms with Gasteiger partial charge in [0.25, 0.3) is 5.91 Å². The second-order valence-corrected chi connectivity index (χ2v) is 7.84. The van der Waals surface area contributed by atoms with Crippen LogP contribution in [0.1, 0.15) is 12.8 Å². The number of hydrogen-bond acceptors (Lipinski definition) is 5. The van der Waals surface area contributed by atoms with Crippen molar-refractivity contribution in [3.63, 3.8) is 0 Å². The van der Waals surface area contributed by atoms with Gasteiger partial charge >= 0.3 is 0 Å². The van der Waals surface area contributed by atoms with Crippen molar-refractivity contribution in [2.24, 2.45) is 11.3 Å². The van der Waals surface area contributed by atoms with Gasteiger partial charge < -0.3 is 24.0 Å². The molecule has 1 atom stereocenters. The lowest BCUT2D eigenvalue weighted by Crippen LogP contribution is -2.49. The standard InChI is InChI=1S/C21H28N2O5/c24-19(15-28-17-4-2-1-3-5-17)23-14-18(20(25)22-8-12-27-13-9-22)21(16-23)6-10-26-11-7-21/h1-5,18H,6-16H2. The molecule has 3 heterocycles. The Labute approximate surface area is 165 Å². The minimum atomic E-state index is -0.184. The molecule has 1 unspecified atom stereocenters. The van der Waals surface area contributed by atoms with Gasteiger partial charge in [-0.25, -0.2) is 0 Å². The van der Waals surface area contributed by atoms with Gasteiger partial charge in [-0.2, -0.15) is 0 Å². The second kappa shape index (κ2) is 8.49. The molecule has 3 fully saturated rings. The van der Waals surface area contributed by atoms with Gasteiger partial charge in [-0.05, 0) is 25.0 Å². The molecule has 3 aliphatic rings. The SMILES string of the molecule is O=C(COc1ccccc1)N1CC(C(=O)N2CCOCC2)C2(CCOCC2)C1. The predicted molar refractivity (Wildman–Crippen MR) is 102 cm³/mol. The van der Waals surface area contributed by atoms with Crippen molar-refractivity contribution in [2.45, 2.75) is 12.8 Å². The van der Waals surface area contributed by atoms with E-state index in [9.17, 15) is 9.59 Å². The summed E-state index contributed by atoms with van der Waals surface area (Å²) in [7, 11) is 0. The smallest absolute Gasteiger partial charge is 0.260 e. The van der Waals surface area contributed by atoms with E-state index in [1.165, 1.54) is 0 Å². The van der Waals surface area contributed by atoms with E-state index in [0.717, 1.165) is 12.8 Å². The second-order valence-electron chi connectivity index (χ2n) is 7.84. The van der Waals surface area contributed by atoms with Crippen LogP contribution in [0.2, 0.25) is 0 Å². The summed E-state index contributed by atoms with van der Waals surface area (Å²) in [5.74, 6) is 0.600. The highest BCUT2D eigenvalue weighted by atomic mass is 16.5. The van der Waals surface area contributed by atoms with Crippen molar-refractivity contribution in [1.82, 2.24) is 9.80 Å². The maximum atomic E-state index is 13.3. The molecule has 0 N–H and O–H groups in total. The van der Waals surface area contributed by atoms with Gasteiger partial charge in [-0.3, -0.25) is 9.59 Å². The number of carbonyl (C=O) groups excluding carboxylic acids is 2. The van der Waals surface area contributed by atoms with Gasteiger partial charge in [0.1, 0.15) is 5.75 Å². The number of para-hydroxylation sites is 1. The van der Waals surface area contributed by atoms with Crippen molar-refractivity contribution < 1.29 is 23.8 Å². The van der Waals surface area contributed by atoms with E-state index < -0.39 is 0 Å². The predicted octanol–water partition coefficient (Wildman–Crippen LogP) is 1.18. The van der Waals surface area contributed by atoms with Gasteiger partial charge in [-0.15, -0.1) is 0 Å². The Kier molecular flexibility index (Phi) is 5.82. The normalized spacial score (nSPS) is 24.4. The lowest BCUT2D eigenvalue weighted by Gasteiger charge is -2.39. The average molecular weight is 388 g/mol. The molecule has 2 amide bonds. The molecule has 28 heavy (non-hydrogen) atoms. The number of rotatable bonds is 4. The van der Waals surface area contributed by atoms with Crippen molar-refractivity contribution in [3.8, 4) is 5.75 Å². The highest BCUT2D eigenvalue weighted by Gasteiger charge is 2.52. The van der Waals surface area contributed by atoms with Crippen molar-refractivity contribution >= 4 is 11.8 Å². The van der Waals surface area contributed by atoms with E-state index in [-0.39, 0.29) is 29.8 Å². The van der Waals surface area contributed by atoms with Gasteiger partial charge in [-0.1, -0.05) is 18.2 Å². The molecule has 0 bridgehead atoms. The van der Waals surface area contributed by atoms with Crippen LogP contribution in [0.15, 0.2) is 30.3 Å². The summed E-state index contributed by atoms with van der Waals surface area (Å²) < 4.78 is 16.6. The fourth-order valence-electron chi connectivity index (χ4n) is 4.54. The number of ether oxygens (including phenoxy) is 3. The third-order valence-electron chi connectivity index (χ3n) is 6.22. The van der Waals surface area contributed by atoms with Crippen LogP contribution in [0, 0.1) is 11.3 Å². The van der Waals surface area contributed by atoms with Crippen LogP contribution in [0.3, 0.4) is 0 Å². The summed E-state index contributed by atoms with van der Waals surface area (Å²) in [5.41, 5.74) is -0.184. The van der Waals surface area contributed by atoms with Gasteiger partial charge in [0.15, 0.2) is 6.61 Å². The van der Waals surface area contributed by atoms with Crippen LogP contribution in [0.5, 0.6) is 5.75 Å². The average Bonchev–Trinajstić information content (AvgIpc) is 3.12. The number of hydrogen-bond donors (Lipinski definition) is 0. The number of carbonyl (C=O) groups is 2. The van der Waals surface area contributed by atoms with Crippen LogP contribution < -0.4 is 4.74 Å². The minimum absolute atomic E-state index is 0.00490. The Bertz CT molecular complexity index is 683. The van der Waals surface area contributed by atoms with Crippen LogP contribution in [-0.2, 0) is 19.1 Å². The molecule has 7 heteroatoms. The molecule has 3 aliphatic heterocycles. The fourth-order valence-corrected chi connectivity index (χ4v) is 4.54. The molecule has 1 spiro atoms. The van der Waals surface area contributed by atoms with Crippen LogP contribution in [0.25, 0.3) is 0 Å². The summed E-state index contributed by atoms with van der Waals surface area (Å²) in [6.07, 6.45) is 1.63. The summed E-state index contributed by atoms with van der Waals surface area (Å²) in [6, 6.07) is 9.34. The van der Waals surface area contributed by atoms with E-state index >= 15 is 0 Å². The zero-order valence-corrected chi connectivity index (χ0v) is 16.2. The molecule has 0 radical (unpaired) electrons. The maximum Gasteiger partial charge on any atom is 0.260 e. The van der Waals surface area contributed by atoms with Gasteiger partial charge in [0, 0.05) is 44.8 Å². The maximum absolute atomic E-state index is 13.3. The largest absolute Gasteiger partial charge is 0.484 e. The topological polar surface area (TPSA) is 68.3 Å². The number of likely N-dealkylation sites (tertiary alicyclic amines) is 1. The molecule has 0 aliphatic carbocycles. The summed E-state index contributed by atoms with van der Waals surface area (Å²) in [6.45, 7) is 4.80. The molecule has 0 aromatic heterocycles. The van der Waals surface area contributed by atoms with Crippen molar-refractivity contribution in [1.29, 1.82) is 0 Å². The monoisotopic (exact) mass is 388 g/mol. The number of nitrogens with zero attached hydrogens (tertiary/aromatic N) is 2. The highest BCUT2D eigenvalue weighted by molar-refractivity contribution is 5.84. The Morgan fingerprint density at radius 3 is 2.39 bits per heavy atom. The number of benzene rings is 1. The van der Waals surface area contributed by atoms with E-state index in [0.29, 0.717) is 58.4 Å². The fraction of sp³-hybridized carbons (Fsp3) is 0.619. The molecule has 4 rings (SSSR count). The Morgan fingerprint density at radius 1 is 1.00 bits per heavy atom. The Morgan fingerprint density at radius 2 is 1.68 bits per heavy atom. The summed E-state index contributed by atoms with van der Waals surface area (Å²) in [5, 5.41) is 0. The highest BCUT2D eigenvalue weighted by Crippen LogP contribution is 2.45. The first kappa shape index (κ1) is 19.2. The molecule has 1 aromatic carbocycles. The van der Waals surface area contributed by atoms with Crippen molar-refractivity contribution in [2.75, 3.05) is 59.2 Å². The van der Waals surface area contributed by atoms with E-state index in [2.05, 4.69) is 0 Å². The molecular formula is C21H28N2O5. The van der Waals surface area contributed by atoms with Gasteiger partial charge in [0.2, 0.25) is 5.91 Å². The first-order valence-electron chi connectivity index (χ1n) is 10.1. The molecule has 7 nitrogen and oxygen atoms in total. The zero-order chi connectivity index (χ0) is 19.4. The molecule has 0 saturated carbocycles. The lowest BCUT2D eigenvalue weighted by molar-refractivity contribution is -0.144. The van der Waals surface area contributed by atoms with Gasteiger partial charge in [0.05, 0.1) is 19.1 Å². The minimum Gasteiger partial charge on any atom is -0.484 e. The lowest BCUT2D eigenvalue weighted by atomic mass is 9.71. The van der Waals surface area contributed by atoms with Crippen LogP contribution >= 0.6 is 0 Å².